The van der Waals surface area contributed by atoms with E-state index in [1.807, 2.05) is 18.2 Å². The van der Waals surface area contributed by atoms with E-state index >= 15 is 0 Å². The van der Waals surface area contributed by atoms with E-state index in [1.54, 1.807) is 0 Å². The van der Waals surface area contributed by atoms with Gasteiger partial charge < -0.3 is 5.11 Å². The first-order chi connectivity index (χ1) is 6.93. The molecular weight excluding hydrogens is 275 g/mol. The Labute approximate surface area is 104 Å². The molecule has 0 heterocycles. The van der Waals surface area contributed by atoms with E-state index in [0.717, 1.165) is 21.5 Å². The summed E-state index contributed by atoms with van der Waals surface area (Å²) in [4.78, 5) is 0. The van der Waals surface area contributed by atoms with Gasteiger partial charge in [0.05, 0.1) is 6.61 Å². The lowest BCUT2D eigenvalue weighted by atomic mass is 9.89. The van der Waals surface area contributed by atoms with Crippen LogP contribution in [0.2, 0.25) is 5.02 Å². The number of halogens is 2. The minimum absolute atomic E-state index is 0.134. The van der Waals surface area contributed by atoms with Crippen molar-refractivity contribution < 1.29 is 5.11 Å². The van der Waals surface area contributed by atoms with Gasteiger partial charge in [-0.3, -0.25) is 0 Å². The fourth-order valence-electron chi connectivity index (χ4n) is 2.40. The fraction of sp³-hybridized carbons (Fsp3) is 0.500. The molecule has 1 fully saturated rings. The normalized spacial score (nSPS) is 27.8. The van der Waals surface area contributed by atoms with Crippen molar-refractivity contribution >= 4 is 27.5 Å². The molecule has 82 valence electrons. The molecule has 0 radical (unpaired) electrons. The van der Waals surface area contributed by atoms with Crippen LogP contribution in [0.5, 0.6) is 0 Å². The SMILES string of the molecule is CC1(C)CC1(CO)c1ccc(Br)cc1Cl. The van der Waals surface area contributed by atoms with Crippen molar-refractivity contribution in [1.82, 2.24) is 0 Å². The van der Waals surface area contributed by atoms with Gasteiger partial charge >= 0.3 is 0 Å². The second-order valence-corrected chi connectivity index (χ2v) is 6.25. The third-order valence-electron chi connectivity index (χ3n) is 3.63. The van der Waals surface area contributed by atoms with Crippen LogP contribution in [0.15, 0.2) is 22.7 Å². The first kappa shape index (κ1) is 11.4. The summed E-state index contributed by atoms with van der Waals surface area (Å²) in [6.07, 6.45) is 0.998. The number of aliphatic hydroxyl groups excluding tert-OH is 1. The molecule has 0 amide bonds. The molecule has 1 atom stereocenters. The number of hydrogen-bond donors (Lipinski definition) is 1. The molecule has 0 aromatic heterocycles. The Bertz CT molecular complexity index is 403. The van der Waals surface area contributed by atoms with E-state index in [9.17, 15) is 5.11 Å². The third-order valence-corrected chi connectivity index (χ3v) is 4.44. The maximum absolute atomic E-state index is 9.57. The van der Waals surface area contributed by atoms with Crippen molar-refractivity contribution in [3.05, 3.63) is 33.3 Å². The number of hydrogen-bond acceptors (Lipinski definition) is 1. The van der Waals surface area contributed by atoms with Crippen molar-refractivity contribution in [2.75, 3.05) is 6.61 Å². The average molecular weight is 290 g/mol. The Kier molecular flexibility index (Phi) is 2.65. The largest absolute Gasteiger partial charge is 0.395 e. The molecule has 1 aliphatic rings. The summed E-state index contributed by atoms with van der Waals surface area (Å²) in [6.45, 7) is 4.50. The van der Waals surface area contributed by atoms with Crippen LogP contribution in [0.4, 0.5) is 0 Å². The molecular formula is C12H14BrClO. The van der Waals surface area contributed by atoms with Crippen LogP contribution in [-0.2, 0) is 5.41 Å². The smallest absolute Gasteiger partial charge is 0.0533 e. The van der Waals surface area contributed by atoms with Crippen molar-refractivity contribution in [2.45, 2.75) is 25.7 Å². The van der Waals surface area contributed by atoms with E-state index in [1.165, 1.54) is 0 Å². The average Bonchev–Trinajstić information content (AvgIpc) is 2.69. The number of rotatable bonds is 2. The van der Waals surface area contributed by atoms with E-state index in [0.29, 0.717) is 0 Å². The second kappa shape index (κ2) is 3.47. The van der Waals surface area contributed by atoms with Gasteiger partial charge in [0.15, 0.2) is 0 Å². The summed E-state index contributed by atoms with van der Waals surface area (Å²) in [5.74, 6) is 0. The minimum atomic E-state index is -0.134. The van der Waals surface area contributed by atoms with Gasteiger partial charge in [0, 0.05) is 14.9 Å². The minimum Gasteiger partial charge on any atom is -0.395 e. The van der Waals surface area contributed by atoms with Gasteiger partial charge in [-0.05, 0) is 29.5 Å². The Morgan fingerprint density at radius 3 is 2.47 bits per heavy atom. The highest BCUT2D eigenvalue weighted by Gasteiger charge is 2.62. The van der Waals surface area contributed by atoms with Crippen LogP contribution >= 0.6 is 27.5 Å². The molecule has 2 rings (SSSR count). The molecule has 1 nitrogen and oxygen atoms in total. The lowest BCUT2D eigenvalue weighted by Crippen LogP contribution is -2.19. The molecule has 0 spiro atoms. The molecule has 0 aliphatic heterocycles. The lowest BCUT2D eigenvalue weighted by molar-refractivity contribution is 0.231. The quantitative estimate of drug-likeness (QED) is 0.879. The zero-order valence-electron chi connectivity index (χ0n) is 8.85. The van der Waals surface area contributed by atoms with Gasteiger partial charge in [0.25, 0.3) is 0 Å². The van der Waals surface area contributed by atoms with Crippen LogP contribution in [-0.4, -0.2) is 11.7 Å². The Morgan fingerprint density at radius 2 is 2.07 bits per heavy atom. The summed E-state index contributed by atoms with van der Waals surface area (Å²) in [5, 5.41) is 10.3. The van der Waals surface area contributed by atoms with Gasteiger partial charge in [-0.1, -0.05) is 47.4 Å². The van der Waals surface area contributed by atoms with Crippen LogP contribution in [0.3, 0.4) is 0 Å². The zero-order valence-corrected chi connectivity index (χ0v) is 11.2. The maximum atomic E-state index is 9.57. The molecule has 3 heteroatoms. The Morgan fingerprint density at radius 1 is 1.47 bits per heavy atom. The van der Waals surface area contributed by atoms with E-state index in [2.05, 4.69) is 29.8 Å². The van der Waals surface area contributed by atoms with E-state index in [-0.39, 0.29) is 17.4 Å². The predicted molar refractivity (Wildman–Crippen MR) is 66.3 cm³/mol. The molecule has 1 N–H and O–H groups in total. The summed E-state index contributed by atoms with van der Waals surface area (Å²) in [7, 11) is 0. The first-order valence-electron chi connectivity index (χ1n) is 4.99. The molecule has 15 heavy (non-hydrogen) atoms. The van der Waals surface area contributed by atoms with Crippen molar-refractivity contribution in [3.63, 3.8) is 0 Å². The highest BCUT2D eigenvalue weighted by Crippen LogP contribution is 2.65. The van der Waals surface area contributed by atoms with Gasteiger partial charge in [0.1, 0.15) is 0 Å². The molecule has 1 aromatic rings. The zero-order chi connectivity index (χ0) is 11.3. The van der Waals surface area contributed by atoms with Gasteiger partial charge in [-0.15, -0.1) is 0 Å². The second-order valence-electron chi connectivity index (χ2n) is 4.93. The monoisotopic (exact) mass is 288 g/mol. The van der Waals surface area contributed by atoms with Crippen LogP contribution < -0.4 is 0 Å². The van der Waals surface area contributed by atoms with Crippen molar-refractivity contribution in [2.24, 2.45) is 5.41 Å². The molecule has 1 saturated carbocycles. The van der Waals surface area contributed by atoms with Crippen molar-refractivity contribution in [1.29, 1.82) is 0 Å². The summed E-state index contributed by atoms with van der Waals surface area (Å²) >= 11 is 9.61. The summed E-state index contributed by atoms with van der Waals surface area (Å²) in [5.41, 5.74) is 1.09. The van der Waals surface area contributed by atoms with E-state index < -0.39 is 0 Å². The standard InChI is InChI=1S/C12H14BrClO/c1-11(2)6-12(11,7-15)9-4-3-8(13)5-10(9)14/h3-5,15H,6-7H2,1-2H3. The maximum Gasteiger partial charge on any atom is 0.0533 e. The number of aliphatic hydroxyl groups is 1. The van der Waals surface area contributed by atoms with Gasteiger partial charge in [0.2, 0.25) is 0 Å². The lowest BCUT2D eigenvalue weighted by Gasteiger charge is -2.19. The molecule has 0 bridgehead atoms. The fourth-order valence-corrected chi connectivity index (χ4v) is 3.26. The number of benzene rings is 1. The summed E-state index contributed by atoms with van der Waals surface area (Å²) in [6, 6.07) is 5.88. The van der Waals surface area contributed by atoms with E-state index in [4.69, 9.17) is 11.6 Å². The molecule has 0 saturated heterocycles. The highest BCUT2D eigenvalue weighted by atomic mass is 79.9. The predicted octanol–water partition coefficient (Wildman–Crippen LogP) is 3.76. The summed E-state index contributed by atoms with van der Waals surface area (Å²) < 4.78 is 0.975. The van der Waals surface area contributed by atoms with Crippen LogP contribution in [0, 0.1) is 5.41 Å². The molecule has 1 aliphatic carbocycles. The Balaban J connectivity index is 2.46. The Hall–Kier alpha value is -0.0500. The molecule has 1 unspecified atom stereocenters. The highest BCUT2D eigenvalue weighted by molar-refractivity contribution is 9.10. The van der Waals surface area contributed by atoms with Gasteiger partial charge in [-0.2, -0.15) is 0 Å². The van der Waals surface area contributed by atoms with Gasteiger partial charge in [-0.25, -0.2) is 0 Å². The van der Waals surface area contributed by atoms with Crippen LogP contribution in [0.25, 0.3) is 0 Å². The molecule has 1 aromatic carbocycles. The third kappa shape index (κ3) is 1.63. The first-order valence-corrected chi connectivity index (χ1v) is 6.16. The topological polar surface area (TPSA) is 20.2 Å². The van der Waals surface area contributed by atoms with Crippen LogP contribution in [0.1, 0.15) is 25.8 Å². The van der Waals surface area contributed by atoms with Crippen molar-refractivity contribution in [3.8, 4) is 0 Å².